The molecule has 0 saturated carbocycles. The SMILES string of the molecule is NCc1ccoc1CN1CCCOc2ccccc21. The highest BCUT2D eigenvalue weighted by Crippen LogP contribution is 2.31. The Morgan fingerprint density at radius 2 is 2.11 bits per heavy atom. The lowest BCUT2D eigenvalue weighted by atomic mass is 10.2. The topological polar surface area (TPSA) is 51.6 Å². The molecule has 4 heteroatoms. The second-order valence-electron chi connectivity index (χ2n) is 4.66. The number of benzene rings is 1. The van der Waals surface area contributed by atoms with Gasteiger partial charge in [0, 0.05) is 18.7 Å². The van der Waals surface area contributed by atoms with E-state index in [9.17, 15) is 0 Å². The fourth-order valence-corrected chi connectivity index (χ4v) is 2.42. The van der Waals surface area contributed by atoms with E-state index >= 15 is 0 Å². The summed E-state index contributed by atoms with van der Waals surface area (Å²) in [5.41, 5.74) is 7.92. The first-order valence-electron chi connectivity index (χ1n) is 6.60. The molecule has 2 heterocycles. The maximum atomic E-state index is 5.76. The van der Waals surface area contributed by atoms with Crippen LogP contribution in [0.5, 0.6) is 5.75 Å². The highest BCUT2D eigenvalue weighted by molar-refractivity contribution is 5.59. The molecular weight excluding hydrogens is 240 g/mol. The van der Waals surface area contributed by atoms with Crippen molar-refractivity contribution >= 4 is 5.69 Å². The lowest BCUT2D eigenvalue weighted by molar-refractivity contribution is 0.322. The van der Waals surface area contributed by atoms with E-state index in [4.69, 9.17) is 14.9 Å². The fraction of sp³-hybridized carbons (Fsp3) is 0.333. The molecule has 0 unspecified atom stereocenters. The number of anilines is 1. The van der Waals surface area contributed by atoms with Gasteiger partial charge in [0.1, 0.15) is 11.5 Å². The third-order valence-corrected chi connectivity index (χ3v) is 3.43. The summed E-state index contributed by atoms with van der Waals surface area (Å²) in [7, 11) is 0. The molecule has 1 aromatic carbocycles. The highest BCUT2D eigenvalue weighted by atomic mass is 16.5. The number of ether oxygens (including phenoxy) is 1. The van der Waals surface area contributed by atoms with Crippen molar-refractivity contribution < 1.29 is 9.15 Å². The van der Waals surface area contributed by atoms with E-state index in [2.05, 4.69) is 11.0 Å². The Hall–Kier alpha value is -1.94. The number of rotatable bonds is 3. The first kappa shape index (κ1) is 12.1. The van der Waals surface area contributed by atoms with Gasteiger partial charge in [-0.25, -0.2) is 0 Å². The van der Waals surface area contributed by atoms with Crippen molar-refractivity contribution in [3.8, 4) is 5.75 Å². The van der Waals surface area contributed by atoms with Crippen molar-refractivity contribution in [3.05, 3.63) is 47.9 Å². The first-order valence-corrected chi connectivity index (χ1v) is 6.60. The van der Waals surface area contributed by atoms with Crippen molar-refractivity contribution in [1.29, 1.82) is 0 Å². The second kappa shape index (κ2) is 5.36. The van der Waals surface area contributed by atoms with E-state index in [0.717, 1.165) is 48.9 Å². The maximum absolute atomic E-state index is 5.76. The Morgan fingerprint density at radius 3 is 3.00 bits per heavy atom. The van der Waals surface area contributed by atoms with Crippen LogP contribution in [0.3, 0.4) is 0 Å². The predicted molar refractivity (Wildman–Crippen MR) is 74.2 cm³/mol. The average Bonchev–Trinajstić information content (AvgIpc) is 2.80. The zero-order valence-corrected chi connectivity index (χ0v) is 10.8. The smallest absolute Gasteiger partial charge is 0.142 e. The molecule has 0 aliphatic carbocycles. The third kappa shape index (κ3) is 2.44. The van der Waals surface area contributed by atoms with Gasteiger partial charge < -0.3 is 19.8 Å². The lowest BCUT2D eigenvalue weighted by Gasteiger charge is -2.23. The molecule has 2 N–H and O–H groups in total. The third-order valence-electron chi connectivity index (χ3n) is 3.43. The van der Waals surface area contributed by atoms with E-state index in [1.165, 1.54) is 0 Å². The summed E-state index contributed by atoms with van der Waals surface area (Å²) in [6.45, 7) is 2.97. The highest BCUT2D eigenvalue weighted by Gasteiger charge is 2.18. The molecule has 0 atom stereocenters. The Morgan fingerprint density at radius 1 is 1.21 bits per heavy atom. The summed E-state index contributed by atoms with van der Waals surface area (Å²) >= 11 is 0. The molecule has 100 valence electrons. The minimum absolute atomic E-state index is 0.512. The monoisotopic (exact) mass is 258 g/mol. The minimum Gasteiger partial charge on any atom is -0.491 e. The van der Waals surface area contributed by atoms with Gasteiger partial charge in [0.15, 0.2) is 0 Å². The average molecular weight is 258 g/mol. The van der Waals surface area contributed by atoms with Crippen molar-refractivity contribution in [2.45, 2.75) is 19.5 Å². The first-order chi connectivity index (χ1) is 9.38. The summed E-state index contributed by atoms with van der Waals surface area (Å²) in [6.07, 6.45) is 2.71. The van der Waals surface area contributed by atoms with E-state index < -0.39 is 0 Å². The Bertz CT molecular complexity index is 551. The van der Waals surface area contributed by atoms with E-state index in [0.29, 0.717) is 6.54 Å². The largest absolute Gasteiger partial charge is 0.491 e. The van der Waals surface area contributed by atoms with Crippen LogP contribution in [-0.4, -0.2) is 13.2 Å². The van der Waals surface area contributed by atoms with Crippen molar-refractivity contribution in [3.63, 3.8) is 0 Å². The molecule has 1 aromatic heterocycles. The Labute approximate surface area is 112 Å². The fourth-order valence-electron chi connectivity index (χ4n) is 2.42. The van der Waals surface area contributed by atoms with Gasteiger partial charge in [0.2, 0.25) is 0 Å². The number of nitrogens with two attached hydrogens (primary N) is 1. The number of furan rings is 1. The van der Waals surface area contributed by atoms with Gasteiger partial charge in [-0.1, -0.05) is 12.1 Å². The Kier molecular flexibility index (Phi) is 3.42. The van der Waals surface area contributed by atoms with E-state index in [-0.39, 0.29) is 0 Å². The van der Waals surface area contributed by atoms with Gasteiger partial charge in [-0.05, 0) is 24.6 Å². The molecule has 0 amide bonds. The normalized spacial score (nSPS) is 14.7. The van der Waals surface area contributed by atoms with Crippen LogP contribution in [0.15, 0.2) is 41.0 Å². The zero-order valence-electron chi connectivity index (χ0n) is 10.8. The zero-order chi connectivity index (χ0) is 13.1. The molecule has 1 aliphatic rings. The minimum atomic E-state index is 0.512. The van der Waals surface area contributed by atoms with Gasteiger partial charge in [0.05, 0.1) is 25.1 Å². The quantitative estimate of drug-likeness (QED) is 0.919. The van der Waals surface area contributed by atoms with Crippen LogP contribution in [0.1, 0.15) is 17.7 Å². The molecular formula is C15H18N2O2. The van der Waals surface area contributed by atoms with Gasteiger partial charge >= 0.3 is 0 Å². The predicted octanol–water partition coefficient (Wildman–Crippen LogP) is 2.53. The van der Waals surface area contributed by atoms with Crippen LogP contribution in [0.2, 0.25) is 0 Å². The van der Waals surface area contributed by atoms with Crippen molar-refractivity contribution in [2.24, 2.45) is 5.73 Å². The van der Waals surface area contributed by atoms with Gasteiger partial charge in [0.25, 0.3) is 0 Å². The number of hydrogen-bond donors (Lipinski definition) is 1. The molecule has 2 aromatic rings. The summed E-state index contributed by atoms with van der Waals surface area (Å²) in [6, 6.07) is 10.1. The van der Waals surface area contributed by atoms with Crippen LogP contribution < -0.4 is 15.4 Å². The molecule has 0 bridgehead atoms. The molecule has 0 saturated heterocycles. The maximum Gasteiger partial charge on any atom is 0.142 e. The van der Waals surface area contributed by atoms with Crippen LogP contribution >= 0.6 is 0 Å². The van der Waals surface area contributed by atoms with Crippen LogP contribution in [0.25, 0.3) is 0 Å². The van der Waals surface area contributed by atoms with Gasteiger partial charge in [-0.2, -0.15) is 0 Å². The molecule has 3 rings (SSSR count). The summed E-state index contributed by atoms with van der Waals surface area (Å²) in [5.74, 6) is 1.89. The molecule has 0 spiro atoms. The second-order valence-corrected chi connectivity index (χ2v) is 4.66. The van der Waals surface area contributed by atoms with E-state index in [1.807, 2.05) is 24.3 Å². The van der Waals surface area contributed by atoms with Gasteiger partial charge in [-0.3, -0.25) is 0 Å². The summed E-state index contributed by atoms with van der Waals surface area (Å²) in [4.78, 5) is 2.29. The summed E-state index contributed by atoms with van der Waals surface area (Å²) < 4.78 is 11.3. The lowest BCUT2D eigenvalue weighted by Crippen LogP contribution is -2.23. The van der Waals surface area contributed by atoms with E-state index in [1.54, 1.807) is 6.26 Å². The van der Waals surface area contributed by atoms with Crippen LogP contribution in [0, 0.1) is 0 Å². The molecule has 1 aliphatic heterocycles. The standard InChI is InChI=1S/C15H18N2O2/c16-10-12-6-9-19-15(12)11-17-7-3-8-18-14-5-2-1-4-13(14)17/h1-2,4-6,9H,3,7-8,10-11,16H2. The molecule has 0 radical (unpaired) electrons. The van der Waals surface area contributed by atoms with Crippen molar-refractivity contribution in [1.82, 2.24) is 0 Å². The molecule has 19 heavy (non-hydrogen) atoms. The number of fused-ring (bicyclic) bond motifs is 1. The van der Waals surface area contributed by atoms with Gasteiger partial charge in [-0.15, -0.1) is 0 Å². The van der Waals surface area contributed by atoms with Crippen LogP contribution in [-0.2, 0) is 13.1 Å². The number of hydrogen-bond acceptors (Lipinski definition) is 4. The van der Waals surface area contributed by atoms with Crippen molar-refractivity contribution in [2.75, 3.05) is 18.1 Å². The molecule has 0 fully saturated rings. The molecule has 4 nitrogen and oxygen atoms in total. The number of para-hydroxylation sites is 2. The summed E-state index contributed by atoms with van der Waals surface area (Å²) in [5, 5.41) is 0. The number of nitrogens with zero attached hydrogens (tertiary/aromatic N) is 1. The Balaban J connectivity index is 1.88. The van der Waals surface area contributed by atoms with Crippen LogP contribution in [0.4, 0.5) is 5.69 Å².